The number of amides is 1. The van der Waals surface area contributed by atoms with Crippen molar-refractivity contribution in [2.45, 2.75) is 20.4 Å². The number of thiophene rings is 1. The second-order valence-electron chi connectivity index (χ2n) is 4.18. The molecule has 21 heavy (non-hydrogen) atoms. The van der Waals surface area contributed by atoms with E-state index < -0.39 is 0 Å². The lowest BCUT2D eigenvalue weighted by Gasteiger charge is -1.99. The van der Waals surface area contributed by atoms with Gasteiger partial charge < -0.3 is 16.8 Å². The van der Waals surface area contributed by atoms with Crippen LogP contribution < -0.4 is 16.8 Å². The molecular weight excluding hydrogens is 330 g/mol. The lowest BCUT2D eigenvalue weighted by atomic mass is 10.2. The van der Waals surface area contributed by atoms with Gasteiger partial charge in [-0.2, -0.15) is 4.99 Å². The molecule has 0 saturated heterocycles. The predicted octanol–water partition coefficient (Wildman–Crippen LogP) is 2.14. The summed E-state index contributed by atoms with van der Waals surface area (Å²) < 4.78 is 0. The molecule has 114 valence electrons. The minimum Gasteiger partial charge on any atom is -0.370 e. The summed E-state index contributed by atoms with van der Waals surface area (Å²) >= 11 is 2.99. The highest BCUT2D eigenvalue weighted by molar-refractivity contribution is 7.17. The average molecular weight is 346 g/mol. The zero-order chi connectivity index (χ0) is 14.7. The highest BCUT2D eigenvalue weighted by atomic mass is 35.5. The quantitative estimate of drug-likeness (QED) is 0.583. The van der Waals surface area contributed by atoms with Gasteiger partial charge in [0.05, 0.1) is 17.1 Å². The molecule has 0 atom stereocenters. The molecule has 0 aromatic carbocycles. The molecule has 6 nitrogen and oxygen atoms in total. The van der Waals surface area contributed by atoms with E-state index in [9.17, 15) is 4.79 Å². The SMILES string of the molecule is CC(=O)NCc1sc(-c2csc(N=C(N)N)n2)cc1C.Cl. The van der Waals surface area contributed by atoms with Crippen LogP contribution in [0.4, 0.5) is 5.13 Å². The Hall–Kier alpha value is -1.64. The molecule has 0 radical (unpaired) electrons. The van der Waals surface area contributed by atoms with E-state index in [1.807, 2.05) is 12.3 Å². The lowest BCUT2D eigenvalue weighted by Crippen LogP contribution is -2.21. The first-order valence-corrected chi connectivity index (χ1v) is 7.54. The maximum atomic E-state index is 11.0. The van der Waals surface area contributed by atoms with E-state index in [1.54, 1.807) is 11.3 Å². The van der Waals surface area contributed by atoms with Crippen LogP contribution in [0.1, 0.15) is 17.4 Å². The minimum atomic E-state index is -0.0388. The van der Waals surface area contributed by atoms with Gasteiger partial charge in [-0.3, -0.25) is 4.79 Å². The summed E-state index contributed by atoms with van der Waals surface area (Å²) in [5.41, 5.74) is 12.6. The van der Waals surface area contributed by atoms with Gasteiger partial charge in [0.15, 0.2) is 5.96 Å². The fourth-order valence-electron chi connectivity index (χ4n) is 1.57. The van der Waals surface area contributed by atoms with Gasteiger partial charge in [-0.15, -0.1) is 35.1 Å². The molecule has 0 saturated carbocycles. The number of guanidine groups is 1. The molecule has 5 N–H and O–H groups in total. The second kappa shape index (κ2) is 7.39. The van der Waals surface area contributed by atoms with Gasteiger partial charge in [-0.1, -0.05) is 0 Å². The first-order valence-electron chi connectivity index (χ1n) is 5.85. The van der Waals surface area contributed by atoms with E-state index in [4.69, 9.17) is 11.5 Å². The maximum Gasteiger partial charge on any atom is 0.217 e. The lowest BCUT2D eigenvalue weighted by molar-refractivity contribution is -0.119. The Morgan fingerprint density at radius 1 is 1.48 bits per heavy atom. The monoisotopic (exact) mass is 345 g/mol. The van der Waals surface area contributed by atoms with Crippen LogP contribution >= 0.6 is 35.1 Å². The molecule has 0 unspecified atom stereocenters. The number of aliphatic imine (C=N–C) groups is 1. The Kier molecular flexibility index (Phi) is 6.13. The minimum absolute atomic E-state index is 0. The highest BCUT2D eigenvalue weighted by Gasteiger charge is 2.11. The van der Waals surface area contributed by atoms with Crippen LogP contribution in [0.5, 0.6) is 0 Å². The molecule has 0 aliphatic rings. The first-order chi connectivity index (χ1) is 9.45. The molecule has 2 aromatic heterocycles. The molecular formula is C12H16ClN5OS2. The van der Waals surface area contributed by atoms with Crippen LogP contribution in [0, 0.1) is 6.92 Å². The molecule has 0 spiro atoms. The van der Waals surface area contributed by atoms with Crippen LogP contribution in [-0.4, -0.2) is 16.9 Å². The van der Waals surface area contributed by atoms with E-state index >= 15 is 0 Å². The fraction of sp³-hybridized carbons (Fsp3) is 0.250. The van der Waals surface area contributed by atoms with Crippen LogP contribution in [0.3, 0.4) is 0 Å². The van der Waals surface area contributed by atoms with Gasteiger partial charge in [0.25, 0.3) is 0 Å². The normalized spacial score (nSPS) is 9.81. The number of thiazole rings is 1. The number of carbonyl (C=O) groups is 1. The van der Waals surface area contributed by atoms with E-state index in [0.29, 0.717) is 11.7 Å². The van der Waals surface area contributed by atoms with E-state index in [-0.39, 0.29) is 24.3 Å². The predicted molar refractivity (Wildman–Crippen MR) is 90.4 cm³/mol. The number of aromatic nitrogens is 1. The number of nitrogens with one attached hydrogen (secondary N) is 1. The molecule has 1 amide bonds. The molecule has 0 fully saturated rings. The van der Waals surface area contributed by atoms with Crippen LogP contribution in [0.25, 0.3) is 10.6 Å². The number of rotatable bonds is 4. The summed E-state index contributed by atoms with van der Waals surface area (Å²) in [7, 11) is 0. The van der Waals surface area contributed by atoms with E-state index in [2.05, 4.69) is 21.4 Å². The molecule has 0 aliphatic heterocycles. The van der Waals surface area contributed by atoms with Crippen molar-refractivity contribution < 1.29 is 4.79 Å². The number of nitrogens with two attached hydrogens (primary N) is 2. The Morgan fingerprint density at radius 2 is 2.19 bits per heavy atom. The molecule has 2 aromatic rings. The number of carbonyl (C=O) groups excluding carboxylic acids is 1. The van der Waals surface area contributed by atoms with Crippen molar-refractivity contribution in [1.29, 1.82) is 0 Å². The van der Waals surface area contributed by atoms with Gasteiger partial charge in [-0.25, -0.2) is 4.98 Å². The molecule has 9 heteroatoms. The Bertz CT molecular complexity index is 660. The van der Waals surface area contributed by atoms with Crippen molar-refractivity contribution in [3.63, 3.8) is 0 Å². The fourth-order valence-corrected chi connectivity index (χ4v) is 3.42. The van der Waals surface area contributed by atoms with Gasteiger partial charge >= 0.3 is 0 Å². The Labute approximate surface area is 136 Å². The van der Waals surface area contributed by atoms with E-state index in [0.717, 1.165) is 21.0 Å². The highest BCUT2D eigenvalue weighted by Crippen LogP contribution is 2.33. The maximum absolute atomic E-state index is 11.0. The van der Waals surface area contributed by atoms with Crippen molar-refractivity contribution in [2.75, 3.05) is 0 Å². The summed E-state index contributed by atoms with van der Waals surface area (Å²) in [5, 5.41) is 5.25. The number of nitrogens with zero attached hydrogens (tertiary/aromatic N) is 2. The smallest absolute Gasteiger partial charge is 0.217 e. The van der Waals surface area contributed by atoms with Gasteiger partial charge in [0, 0.05) is 17.2 Å². The van der Waals surface area contributed by atoms with Crippen molar-refractivity contribution in [3.05, 3.63) is 21.9 Å². The number of hydrogen-bond donors (Lipinski definition) is 3. The number of halogens is 1. The van der Waals surface area contributed by atoms with Gasteiger partial charge in [-0.05, 0) is 18.6 Å². The van der Waals surface area contributed by atoms with Gasteiger partial charge in [0.1, 0.15) is 0 Å². The topological polar surface area (TPSA) is 106 Å². The Balaban J connectivity index is 0.00000220. The van der Waals surface area contributed by atoms with Crippen molar-refractivity contribution in [2.24, 2.45) is 16.5 Å². The second-order valence-corrected chi connectivity index (χ2v) is 6.15. The standard InChI is InChI=1S/C12H15N5OS2.ClH/c1-6-3-9(20-10(6)4-15-7(2)18)8-5-19-12(16-8)17-11(13)14;/h3,5H,4H2,1-2H3,(H,15,18)(H4,13,14,16,17);1H. The number of hydrogen-bond acceptors (Lipinski definition) is 5. The first kappa shape index (κ1) is 17.4. The summed E-state index contributed by atoms with van der Waals surface area (Å²) in [6.07, 6.45) is 0. The number of aryl methyl sites for hydroxylation is 1. The third-order valence-corrected chi connectivity index (χ3v) is 4.48. The van der Waals surface area contributed by atoms with Crippen LogP contribution in [0.2, 0.25) is 0 Å². The van der Waals surface area contributed by atoms with Crippen molar-refractivity contribution in [1.82, 2.24) is 10.3 Å². The zero-order valence-corrected chi connectivity index (χ0v) is 14.0. The largest absolute Gasteiger partial charge is 0.370 e. The van der Waals surface area contributed by atoms with Crippen LogP contribution in [0.15, 0.2) is 16.4 Å². The van der Waals surface area contributed by atoms with Crippen molar-refractivity contribution in [3.8, 4) is 10.6 Å². The third-order valence-electron chi connectivity index (χ3n) is 2.49. The summed E-state index contributed by atoms with van der Waals surface area (Å²) in [6, 6.07) is 2.05. The molecule has 2 heterocycles. The molecule has 0 aliphatic carbocycles. The molecule has 2 rings (SSSR count). The van der Waals surface area contributed by atoms with Crippen molar-refractivity contribution >= 4 is 52.1 Å². The average Bonchev–Trinajstić information content (AvgIpc) is 2.93. The van der Waals surface area contributed by atoms with E-state index in [1.165, 1.54) is 18.3 Å². The zero-order valence-electron chi connectivity index (χ0n) is 11.5. The summed E-state index contributed by atoms with van der Waals surface area (Å²) in [6.45, 7) is 4.06. The van der Waals surface area contributed by atoms with Crippen LogP contribution in [-0.2, 0) is 11.3 Å². The van der Waals surface area contributed by atoms with Gasteiger partial charge in [0.2, 0.25) is 11.0 Å². The third kappa shape index (κ3) is 4.69. The molecule has 0 bridgehead atoms. The Morgan fingerprint density at radius 3 is 2.81 bits per heavy atom. The summed E-state index contributed by atoms with van der Waals surface area (Å²) in [4.78, 5) is 21.4. The summed E-state index contributed by atoms with van der Waals surface area (Å²) in [5.74, 6) is -0.0392.